The van der Waals surface area contributed by atoms with Gasteiger partial charge in [0.25, 0.3) is 0 Å². The Kier molecular flexibility index (Phi) is 4.68. The van der Waals surface area contributed by atoms with E-state index in [9.17, 15) is 10.1 Å². The van der Waals surface area contributed by atoms with Crippen LogP contribution in [0.15, 0.2) is 42.1 Å². The zero-order valence-electron chi connectivity index (χ0n) is 14.9. The van der Waals surface area contributed by atoms with Crippen LogP contribution in [0.2, 0.25) is 5.02 Å². The number of aromatic amines is 1. The summed E-state index contributed by atoms with van der Waals surface area (Å²) < 4.78 is 16.5. The maximum absolute atomic E-state index is 13.0. The fourth-order valence-electron chi connectivity index (χ4n) is 3.12. The lowest BCUT2D eigenvalue weighted by atomic mass is 10.0. The molecular weight excluding hydrogens is 380 g/mol. The molecule has 0 amide bonds. The molecule has 0 unspecified atom stereocenters. The molecule has 1 aliphatic rings. The number of fused-ring (bicyclic) bond motifs is 2. The molecule has 0 saturated carbocycles. The molecule has 1 N–H and O–H groups in total. The fraction of sp³-hybridized carbons (Fsp3) is 0.143. The van der Waals surface area contributed by atoms with Crippen LogP contribution in [-0.2, 0) is 0 Å². The number of H-pyrrole nitrogens is 1. The zero-order valence-corrected chi connectivity index (χ0v) is 15.7. The van der Waals surface area contributed by atoms with Crippen molar-refractivity contribution in [2.45, 2.75) is 0 Å². The molecule has 3 aromatic rings. The van der Waals surface area contributed by atoms with Crippen LogP contribution in [0.4, 0.5) is 0 Å². The first-order valence-electron chi connectivity index (χ1n) is 8.51. The summed E-state index contributed by atoms with van der Waals surface area (Å²) in [6.45, 7) is 0.857. The number of benzene rings is 2. The van der Waals surface area contributed by atoms with Crippen molar-refractivity contribution in [3.8, 4) is 23.3 Å². The predicted octanol–water partition coefficient (Wildman–Crippen LogP) is 4.39. The van der Waals surface area contributed by atoms with E-state index in [4.69, 9.17) is 25.8 Å². The van der Waals surface area contributed by atoms with Crippen LogP contribution in [0.3, 0.4) is 0 Å². The quantitative estimate of drug-likeness (QED) is 0.403. The number of allylic oxidation sites excluding steroid dienone is 1. The van der Waals surface area contributed by atoms with Crippen molar-refractivity contribution in [1.29, 1.82) is 5.26 Å². The number of nitriles is 1. The molecule has 0 fully saturated rings. The molecule has 0 spiro atoms. The molecule has 2 heterocycles. The summed E-state index contributed by atoms with van der Waals surface area (Å²) in [4.78, 5) is 16.0. The molecule has 2 aromatic carbocycles. The standard InChI is InChI=1S/C21H15ClN2O4/c1-26-18-7-12(8-19-21(18)28-5-4-27-19)6-13(10-23)20(25)16-11-24-17-9-14(22)2-3-15(16)17/h2-3,6-9,11,24H,4-5H2,1H3/b13-6-. The van der Waals surface area contributed by atoms with E-state index >= 15 is 0 Å². The lowest BCUT2D eigenvalue weighted by Crippen LogP contribution is -2.16. The third-order valence-electron chi connectivity index (χ3n) is 4.41. The number of Topliss-reactive ketones (excluding diaryl/α,β-unsaturated/α-hetero) is 1. The Morgan fingerprint density at radius 3 is 2.89 bits per heavy atom. The molecule has 1 aliphatic heterocycles. The molecule has 0 saturated heterocycles. The van der Waals surface area contributed by atoms with Gasteiger partial charge in [-0.1, -0.05) is 17.7 Å². The highest BCUT2D eigenvalue weighted by Gasteiger charge is 2.20. The van der Waals surface area contributed by atoms with Crippen molar-refractivity contribution >= 4 is 34.4 Å². The molecule has 140 valence electrons. The molecular formula is C21H15ClN2O4. The first-order chi connectivity index (χ1) is 13.6. The average Bonchev–Trinajstić information content (AvgIpc) is 3.13. The lowest BCUT2D eigenvalue weighted by Gasteiger charge is -2.21. The summed E-state index contributed by atoms with van der Waals surface area (Å²) in [6.07, 6.45) is 3.09. The van der Waals surface area contributed by atoms with Gasteiger partial charge < -0.3 is 19.2 Å². The van der Waals surface area contributed by atoms with Crippen LogP contribution in [0.25, 0.3) is 17.0 Å². The van der Waals surface area contributed by atoms with Gasteiger partial charge in [-0.2, -0.15) is 5.26 Å². The summed E-state index contributed by atoms with van der Waals surface area (Å²) in [5.74, 6) is 1.13. The molecule has 0 bridgehead atoms. The van der Waals surface area contributed by atoms with Gasteiger partial charge in [-0.15, -0.1) is 0 Å². The Hall–Kier alpha value is -3.43. The maximum Gasteiger partial charge on any atom is 0.205 e. The van der Waals surface area contributed by atoms with E-state index in [1.807, 2.05) is 6.07 Å². The number of carbonyl (C=O) groups is 1. The molecule has 4 rings (SSSR count). The van der Waals surface area contributed by atoms with E-state index in [1.54, 1.807) is 36.5 Å². The number of aromatic nitrogens is 1. The Labute approximate surface area is 165 Å². The molecule has 0 atom stereocenters. The summed E-state index contributed by atoms with van der Waals surface area (Å²) in [6, 6.07) is 10.6. The highest BCUT2D eigenvalue weighted by molar-refractivity contribution is 6.31. The summed E-state index contributed by atoms with van der Waals surface area (Å²) in [7, 11) is 1.52. The Morgan fingerprint density at radius 1 is 1.29 bits per heavy atom. The number of ketones is 1. The minimum atomic E-state index is -0.384. The third kappa shape index (κ3) is 3.17. The number of ether oxygens (including phenoxy) is 3. The smallest absolute Gasteiger partial charge is 0.205 e. The predicted molar refractivity (Wildman–Crippen MR) is 105 cm³/mol. The minimum absolute atomic E-state index is 0.00502. The van der Waals surface area contributed by atoms with Crippen LogP contribution < -0.4 is 14.2 Å². The Morgan fingerprint density at radius 2 is 2.11 bits per heavy atom. The van der Waals surface area contributed by atoms with Crippen molar-refractivity contribution in [3.05, 3.63) is 58.3 Å². The van der Waals surface area contributed by atoms with Crippen molar-refractivity contribution in [3.63, 3.8) is 0 Å². The number of halogens is 1. The molecule has 1 aromatic heterocycles. The first-order valence-corrected chi connectivity index (χ1v) is 8.89. The van der Waals surface area contributed by atoms with Crippen molar-refractivity contribution in [2.75, 3.05) is 20.3 Å². The van der Waals surface area contributed by atoms with Crippen LogP contribution in [0.1, 0.15) is 15.9 Å². The molecule has 0 aliphatic carbocycles. The van der Waals surface area contributed by atoms with Crippen LogP contribution in [0.5, 0.6) is 17.2 Å². The second-order valence-electron chi connectivity index (χ2n) is 6.14. The van der Waals surface area contributed by atoms with E-state index in [0.717, 1.165) is 5.52 Å². The number of rotatable bonds is 4. The summed E-state index contributed by atoms with van der Waals surface area (Å²) in [5.41, 5.74) is 1.74. The van der Waals surface area contributed by atoms with Gasteiger partial charge >= 0.3 is 0 Å². The highest BCUT2D eigenvalue weighted by Crippen LogP contribution is 2.41. The second-order valence-corrected chi connectivity index (χ2v) is 6.57. The average molecular weight is 395 g/mol. The second kappa shape index (κ2) is 7.29. The highest BCUT2D eigenvalue weighted by atomic mass is 35.5. The SMILES string of the molecule is COc1cc(/C=C(/C#N)C(=O)c2c[nH]c3cc(Cl)ccc23)cc2c1OCCO2. The first kappa shape index (κ1) is 18.0. The monoisotopic (exact) mass is 394 g/mol. The fourth-order valence-corrected chi connectivity index (χ4v) is 3.30. The van der Waals surface area contributed by atoms with Gasteiger partial charge in [0.1, 0.15) is 24.9 Å². The Balaban J connectivity index is 1.75. The molecule has 0 radical (unpaired) electrons. The number of carbonyl (C=O) groups excluding carboxylic acids is 1. The number of methoxy groups -OCH3 is 1. The van der Waals surface area contributed by atoms with Crippen molar-refractivity contribution in [1.82, 2.24) is 4.98 Å². The van der Waals surface area contributed by atoms with E-state index in [-0.39, 0.29) is 11.4 Å². The van der Waals surface area contributed by atoms with E-state index in [1.165, 1.54) is 13.2 Å². The molecule has 7 heteroatoms. The van der Waals surface area contributed by atoms with Crippen molar-refractivity contribution in [2.24, 2.45) is 0 Å². The number of nitrogens with one attached hydrogen (secondary N) is 1. The largest absolute Gasteiger partial charge is 0.493 e. The van der Waals surface area contributed by atoms with Crippen LogP contribution in [-0.4, -0.2) is 31.1 Å². The summed E-state index contributed by atoms with van der Waals surface area (Å²) in [5, 5.41) is 10.8. The van der Waals surface area contributed by atoms with Crippen molar-refractivity contribution < 1.29 is 19.0 Å². The van der Waals surface area contributed by atoms with Gasteiger partial charge in [0.2, 0.25) is 11.5 Å². The minimum Gasteiger partial charge on any atom is -0.493 e. The molecule has 28 heavy (non-hydrogen) atoms. The Bertz CT molecular complexity index is 1140. The maximum atomic E-state index is 13.0. The van der Waals surface area contributed by atoms with Gasteiger partial charge in [0.05, 0.1) is 7.11 Å². The van der Waals surface area contributed by atoms with Gasteiger partial charge in [0.15, 0.2) is 11.5 Å². The van der Waals surface area contributed by atoms with E-state index < -0.39 is 0 Å². The summed E-state index contributed by atoms with van der Waals surface area (Å²) >= 11 is 5.99. The van der Waals surface area contributed by atoms with E-state index in [2.05, 4.69) is 4.98 Å². The van der Waals surface area contributed by atoms with Gasteiger partial charge in [-0.25, -0.2) is 0 Å². The van der Waals surface area contributed by atoms with Gasteiger partial charge in [-0.3, -0.25) is 4.79 Å². The number of nitrogens with zero attached hydrogens (tertiary/aromatic N) is 1. The van der Waals surface area contributed by atoms with Gasteiger partial charge in [-0.05, 0) is 35.9 Å². The van der Waals surface area contributed by atoms with Crippen LogP contribution >= 0.6 is 11.6 Å². The molecule has 6 nitrogen and oxygen atoms in total. The topological polar surface area (TPSA) is 84.3 Å². The number of hydrogen-bond acceptors (Lipinski definition) is 5. The third-order valence-corrected chi connectivity index (χ3v) is 4.65. The lowest BCUT2D eigenvalue weighted by molar-refractivity contribution is 0.104. The zero-order chi connectivity index (χ0) is 19.7. The van der Waals surface area contributed by atoms with E-state index in [0.29, 0.717) is 52.0 Å². The van der Waals surface area contributed by atoms with Crippen LogP contribution in [0, 0.1) is 11.3 Å². The number of hydrogen-bond donors (Lipinski definition) is 1. The van der Waals surface area contributed by atoms with Gasteiger partial charge in [0, 0.05) is 27.7 Å². The normalized spacial score (nSPS) is 13.2.